The lowest BCUT2D eigenvalue weighted by Gasteiger charge is -2.16. The van der Waals surface area contributed by atoms with Crippen molar-refractivity contribution in [2.75, 3.05) is 25.0 Å². The minimum absolute atomic E-state index is 0.202. The minimum Gasteiger partial charge on any atom is -0.382 e. The first kappa shape index (κ1) is 14.7. The largest absolute Gasteiger partial charge is 0.382 e. The molecule has 3 rings (SSSR count). The number of sulfonamides is 1. The Balaban J connectivity index is 1.58. The van der Waals surface area contributed by atoms with Crippen LogP contribution in [0.25, 0.3) is 0 Å². The molecule has 1 unspecified atom stereocenters. The van der Waals surface area contributed by atoms with Crippen molar-refractivity contribution in [2.45, 2.75) is 30.2 Å². The van der Waals surface area contributed by atoms with Crippen LogP contribution >= 0.6 is 0 Å². The first-order valence-electron chi connectivity index (χ1n) is 7.24. The highest BCUT2D eigenvalue weighted by molar-refractivity contribution is 7.89. The fourth-order valence-corrected chi connectivity index (χ4v) is 3.40. The number of benzene rings is 1. The van der Waals surface area contributed by atoms with E-state index in [9.17, 15) is 12.8 Å². The molecule has 1 aliphatic heterocycles. The van der Waals surface area contributed by atoms with Gasteiger partial charge in [-0.1, -0.05) is 0 Å². The van der Waals surface area contributed by atoms with Crippen LogP contribution in [0.2, 0.25) is 0 Å². The van der Waals surface area contributed by atoms with Gasteiger partial charge in [-0.3, -0.25) is 0 Å². The smallest absolute Gasteiger partial charge is 0.238 e. The standard InChI is InChI=1S/C14H20FN3O2S/c15-13-7-12(21(16,19)20)3-4-14(13)17-8-10-5-6-18(9-10)11-1-2-11/h3-4,7,10-11,17H,1-2,5-6,8-9H2,(H2,16,19,20). The second-order valence-electron chi connectivity index (χ2n) is 5.95. The Labute approximate surface area is 124 Å². The number of hydrogen-bond donors (Lipinski definition) is 2. The van der Waals surface area contributed by atoms with E-state index in [-0.39, 0.29) is 4.90 Å². The molecule has 0 aromatic heterocycles. The highest BCUT2D eigenvalue weighted by atomic mass is 32.2. The maximum Gasteiger partial charge on any atom is 0.238 e. The number of likely N-dealkylation sites (tertiary alicyclic amines) is 1. The zero-order valence-electron chi connectivity index (χ0n) is 11.8. The summed E-state index contributed by atoms with van der Waals surface area (Å²) < 4.78 is 36.2. The van der Waals surface area contributed by atoms with Gasteiger partial charge in [-0.05, 0) is 49.9 Å². The molecular formula is C14H20FN3O2S. The van der Waals surface area contributed by atoms with Gasteiger partial charge in [0.05, 0.1) is 10.6 Å². The summed E-state index contributed by atoms with van der Waals surface area (Å²) >= 11 is 0. The van der Waals surface area contributed by atoms with Crippen LogP contribution in [-0.4, -0.2) is 39.0 Å². The van der Waals surface area contributed by atoms with Crippen LogP contribution in [0, 0.1) is 11.7 Å². The number of nitrogens with one attached hydrogen (secondary N) is 1. The fraction of sp³-hybridized carbons (Fsp3) is 0.571. The van der Waals surface area contributed by atoms with E-state index in [1.165, 1.54) is 25.0 Å². The highest BCUT2D eigenvalue weighted by Crippen LogP contribution is 2.31. The van der Waals surface area contributed by atoms with Crippen molar-refractivity contribution in [3.63, 3.8) is 0 Å². The summed E-state index contributed by atoms with van der Waals surface area (Å²) in [7, 11) is -3.86. The fourth-order valence-electron chi connectivity index (χ4n) is 2.87. The molecule has 2 aliphatic rings. The molecule has 0 bridgehead atoms. The second-order valence-corrected chi connectivity index (χ2v) is 7.51. The van der Waals surface area contributed by atoms with E-state index in [0.717, 1.165) is 31.6 Å². The van der Waals surface area contributed by atoms with Crippen molar-refractivity contribution in [3.8, 4) is 0 Å². The second kappa shape index (κ2) is 5.55. The normalized spacial score (nSPS) is 23.4. The van der Waals surface area contributed by atoms with Gasteiger partial charge in [0.2, 0.25) is 10.0 Å². The molecule has 1 aliphatic carbocycles. The molecule has 1 saturated heterocycles. The molecule has 7 heteroatoms. The molecule has 116 valence electrons. The van der Waals surface area contributed by atoms with Crippen molar-refractivity contribution in [3.05, 3.63) is 24.0 Å². The number of halogens is 1. The molecule has 1 aromatic rings. The first-order valence-corrected chi connectivity index (χ1v) is 8.78. The molecule has 2 fully saturated rings. The van der Waals surface area contributed by atoms with Gasteiger partial charge in [0.1, 0.15) is 5.82 Å². The van der Waals surface area contributed by atoms with E-state index in [1.54, 1.807) is 0 Å². The number of nitrogens with two attached hydrogens (primary N) is 1. The van der Waals surface area contributed by atoms with Crippen LogP contribution in [0.5, 0.6) is 0 Å². The van der Waals surface area contributed by atoms with E-state index in [0.29, 0.717) is 18.2 Å². The maximum atomic E-state index is 13.9. The summed E-state index contributed by atoms with van der Waals surface area (Å²) in [6.07, 6.45) is 3.74. The number of primary sulfonamides is 1. The zero-order chi connectivity index (χ0) is 15.0. The first-order chi connectivity index (χ1) is 9.93. The molecule has 0 spiro atoms. The van der Waals surface area contributed by atoms with E-state index < -0.39 is 15.8 Å². The molecule has 21 heavy (non-hydrogen) atoms. The molecule has 1 aromatic carbocycles. The minimum atomic E-state index is -3.86. The van der Waals surface area contributed by atoms with Crippen molar-refractivity contribution in [1.29, 1.82) is 0 Å². The molecule has 0 amide bonds. The third kappa shape index (κ3) is 3.53. The lowest BCUT2D eigenvalue weighted by Crippen LogP contribution is -2.25. The van der Waals surface area contributed by atoms with E-state index >= 15 is 0 Å². The summed E-state index contributed by atoms with van der Waals surface area (Å²) in [5.74, 6) is -0.0681. The summed E-state index contributed by atoms with van der Waals surface area (Å²) in [6.45, 7) is 2.90. The predicted molar refractivity (Wildman–Crippen MR) is 79.0 cm³/mol. The van der Waals surface area contributed by atoms with Gasteiger partial charge in [-0.15, -0.1) is 0 Å². The summed E-state index contributed by atoms with van der Waals surface area (Å²) in [4.78, 5) is 2.30. The zero-order valence-corrected chi connectivity index (χ0v) is 12.6. The molecule has 1 heterocycles. The van der Waals surface area contributed by atoms with E-state index in [2.05, 4.69) is 10.2 Å². The molecular weight excluding hydrogens is 293 g/mol. The van der Waals surface area contributed by atoms with Crippen molar-refractivity contribution < 1.29 is 12.8 Å². The Bertz CT molecular complexity index is 631. The number of rotatable bonds is 5. The third-order valence-electron chi connectivity index (χ3n) is 4.23. The van der Waals surface area contributed by atoms with Gasteiger partial charge in [0.25, 0.3) is 0 Å². The average molecular weight is 313 g/mol. The lowest BCUT2D eigenvalue weighted by atomic mass is 10.1. The average Bonchev–Trinajstić information content (AvgIpc) is 3.16. The van der Waals surface area contributed by atoms with E-state index in [4.69, 9.17) is 5.14 Å². The Morgan fingerprint density at radius 1 is 1.33 bits per heavy atom. The molecule has 3 N–H and O–H groups in total. The molecule has 5 nitrogen and oxygen atoms in total. The number of nitrogens with zero attached hydrogens (tertiary/aromatic N) is 1. The summed E-state index contributed by atoms with van der Waals surface area (Å²) in [5.41, 5.74) is 0.326. The molecule has 0 radical (unpaired) electrons. The summed E-state index contributed by atoms with van der Waals surface area (Å²) in [5, 5.41) is 8.05. The number of anilines is 1. The predicted octanol–water partition coefficient (Wildman–Crippen LogP) is 1.37. The Kier molecular flexibility index (Phi) is 3.90. The van der Waals surface area contributed by atoms with Crippen LogP contribution in [0.4, 0.5) is 10.1 Å². The Morgan fingerprint density at radius 3 is 2.71 bits per heavy atom. The summed E-state index contributed by atoms with van der Waals surface area (Å²) in [6, 6.07) is 4.50. The third-order valence-corrected chi connectivity index (χ3v) is 5.14. The maximum absolute atomic E-state index is 13.9. The monoisotopic (exact) mass is 313 g/mol. The van der Waals surface area contributed by atoms with Gasteiger partial charge in [0.15, 0.2) is 0 Å². The van der Waals surface area contributed by atoms with Gasteiger partial charge in [-0.2, -0.15) is 0 Å². The van der Waals surface area contributed by atoms with Crippen molar-refractivity contribution in [1.82, 2.24) is 4.90 Å². The van der Waals surface area contributed by atoms with Crippen LogP contribution in [-0.2, 0) is 10.0 Å². The van der Waals surface area contributed by atoms with Crippen LogP contribution in [0.1, 0.15) is 19.3 Å². The van der Waals surface area contributed by atoms with Gasteiger partial charge < -0.3 is 10.2 Å². The van der Waals surface area contributed by atoms with Gasteiger partial charge >= 0.3 is 0 Å². The van der Waals surface area contributed by atoms with Gasteiger partial charge in [0, 0.05) is 19.1 Å². The highest BCUT2D eigenvalue weighted by Gasteiger charge is 2.34. The topological polar surface area (TPSA) is 75.4 Å². The van der Waals surface area contributed by atoms with Crippen molar-refractivity contribution >= 4 is 15.7 Å². The number of hydrogen-bond acceptors (Lipinski definition) is 4. The van der Waals surface area contributed by atoms with Gasteiger partial charge in [-0.25, -0.2) is 17.9 Å². The van der Waals surface area contributed by atoms with Crippen LogP contribution in [0.15, 0.2) is 23.1 Å². The van der Waals surface area contributed by atoms with Crippen LogP contribution < -0.4 is 10.5 Å². The Morgan fingerprint density at radius 2 is 2.10 bits per heavy atom. The SMILES string of the molecule is NS(=O)(=O)c1ccc(NCC2CCN(C3CC3)C2)c(F)c1. The molecule has 1 atom stereocenters. The lowest BCUT2D eigenvalue weighted by molar-refractivity contribution is 0.316. The Hall–Kier alpha value is -1.18. The van der Waals surface area contributed by atoms with Crippen LogP contribution in [0.3, 0.4) is 0 Å². The quantitative estimate of drug-likeness (QED) is 0.861. The van der Waals surface area contributed by atoms with Crippen molar-refractivity contribution in [2.24, 2.45) is 11.1 Å². The molecule has 1 saturated carbocycles. The van der Waals surface area contributed by atoms with E-state index in [1.807, 2.05) is 0 Å².